The molecule has 1 aliphatic carbocycles. The summed E-state index contributed by atoms with van der Waals surface area (Å²) < 4.78 is 5.83. The van der Waals surface area contributed by atoms with E-state index >= 15 is 0 Å². The van der Waals surface area contributed by atoms with E-state index in [2.05, 4.69) is 33.6 Å². The molecular weight excluding hydrogens is 346 g/mol. The number of hydrogen-bond donors (Lipinski definition) is 0. The molecule has 1 unspecified atom stereocenters. The number of aromatic nitrogens is 3. The van der Waals surface area contributed by atoms with Gasteiger partial charge in [-0.15, -0.1) is 32.9 Å². The first kappa shape index (κ1) is 15.4. The molecule has 4 nitrogen and oxygen atoms in total. The zero-order valence-corrected chi connectivity index (χ0v) is 15.5. The lowest BCUT2D eigenvalue weighted by Gasteiger charge is -2.16. The number of thiazole rings is 1. The summed E-state index contributed by atoms with van der Waals surface area (Å²) >= 11 is 5.02. The van der Waals surface area contributed by atoms with Gasteiger partial charge in [0.2, 0.25) is 0 Å². The van der Waals surface area contributed by atoms with Crippen LogP contribution in [0, 0.1) is 12.8 Å². The molecule has 0 fully saturated rings. The fraction of sp³-hybridized carbons (Fsp3) is 0.438. The number of fused-ring (bicyclic) bond motifs is 1. The smallest absolute Gasteiger partial charge is 0.277 e. The lowest BCUT2D eigenvalue weighted by atomic mass is 9.90. The second kappa shape index (κ2) is 6.37. The van der Waals surface area contributed by atoms with E-state index in [0.29, 0.717) is 11.1 Å². The summed E-state index contributed by atoms with van der Waals surface area (Å²) in [4.78, 5) is 7.05. The Morgan fingerprint density at radius 2 is 2.30 bits per heavy atom. The van der Waals surface area contributed by atoms with Gasteiger partial charge < -0.3 is 4.42 Å². The van der Waals surface area contributed by atoms with E-state index in [4.69, 9.17) is 4.42 Å². The minimum Gasteiger partial charge on any atom is -0.410 e. The van der Waals surface area contributed by atoms with Crippen molar-refractivity contribution in [2.75, 3.05) is 0 Å². The highest BCUT2D eigenvalue weighted by atomic mass is 32.2. The van der Waals surface area contributed by atoms with Crippen LogP contribution in [0.1, 0.15) is 34.5 Å². The molecule has 0 aliphatic heterocycles. The van der Waals surface area contributed by atoms with Crippen molar-refractivity contribution in [1.29, 1.82) is 0 Å². The Morgan fingerprint density at radius 3 is 3.13 bits per heavy atom. The van der Waals surface area contributed by atoms with Gasteiger partial charge >= 0.3 is 0 Å². The summed E-state index contributed by atoms with van der Waals surface area (Å²) in [5.74, 6) is 2.19. The molecular formula is C16H17N3OS3. The van der Waals surface area contributed by atoms with Gasteiger partial charge in [-0.25, -0.2) is 4.98 Å². The Hall–Kier alpha value is -1.18. The SMILES string of the molecule is Cc1nc(CSc2nnc(-c3cc4c(s3)CCC(C)C4)o2)cs1. The average molecular weight is 364 g/mol. The lowest BCUT2D eigenvalue weighted by Crippen LogP contribution is -2.07. The van der Waals surface area contributed by atoms with E-state index in [1.807, 2.05) is 6.92 Å². The van der Waals surface area contributed by atoms with Crippen LogP contribution >= 0.6 is 34.4 Å². The van der Waals surface area contributed by atoms with Crippen molar-refractivity contribution in [1.82, 2.24) is 15.2 Å². The Morgan fingerprint density at radius 1 is 1.39 bits per heavy atom. The van der Waals surface area contributed by atoms with Crippen molar-refractivity contribution >= 4 is 34.4 Å². The molecule has 0 saturated heterocycles. The molecule has 0 radical (unpaired) electrons. The van der Waals surface area contributed by atoms with Gasteiger partial charge in [0.25, 0.3) is 11.1 Å². The first-order valence-corrected chi connectivity index (χ1v) is 10.3. The fourth-order valence-corrected chi connectivity index (χ4v) is 5.29. The molecule has 0 bridgehead atoms. The highest BCUT2D eigenvalue weighted by Crippen LogP contribution is 2.37. The summed E-state index contributed by atoms with van der Waals surface area (Å²) in [6, 6.07) is 2.24. The van der Waals surface area contributed by atoms with Gasteiger partial charge in [-0.3, -0.25) is 0 Å². The standard InChI is InChI=1S/C16H17N3OS3/c1-9-3-4-13-11(5-9)6-14(23-13)15-18-19-16(20-15)22-8-12-7-21-10(2)17-12/h6-7,9H,3-5,8H2,1-2H3. The maximum atomic E-state index is 5.83. The van der Waals surface area contributed by atoms with Crippen LogP contribution in [0.2, 0.25) is 0 Å². The molecule has 4 rings (SSSR count). The second-order valence-electron chi connectivity index (χ2n) is 5.93. The Kier molecular flexibility index (Phi) is 4.26. The first-order valence-electron chi connectivity index (χ1n) is 7.66. The van der Waals surface area contributed by atoms with Gasteiger partial charge in [-0.1, -0.05) is 18.7 Å². The summed E-state index contributed by atoms with van der Waals surface area (Å²) in [7, 11) is 0. The molecule has 0 aromatic carbocycles. The van der Waals surface area contributed by atoms with Crippen LogP contribution in [0.4, 0.5) is 0 Å². The molecule has 0 spiro atoms. The summed E-state index contributed by atoms with van der Waals surface area (Å²) in [6.07, 6.45) is 3.63. The highest BCUT2D eigenvalue weighted by molar-refractivity contribution is 7.98. The number of aryl methyl sites for hydroxylation is 2. The summed E-state index contributed by atoms with van der Waals surface area (Å²) in [5.41, 5.74) is 2.53. The molecule has 7 heteroatoms. The third kappa shape index (κ3) is 3.36. The van der Waals surface area contributed by atoms with Crippen molar-refractivity contribution in [2.24, 2.45) is 5.92 Å². The number of rotatable bonds is 4. The normalized spacial score (nSPS) is 17.4. The molecule has 0 N–H and O–H groups in total. The van der Waals surface area contributed by atoms with Gasteiger partial charge in [0.05, 0.1) is 15.6 Å². The molecule has 1 atom stereocenters. The number of hydrogen-bond acceptors (Lipinski definition) is 7. The number of thioether (sulfide) groups is 1. The largest absolute Gasteiger partial charge is 0.410 e. The number of nitrogens with zero attached hydrogens (tertiary/aromatic N) is 3. The van der Waals surface area contributed by atoms with E-state index in [-0.39, 0.29) is 0 Å². The molecule has 3 heterocycles. The monoisotopic (exact) mass is 363 g/mol. The zero-order valence-electron chi connectivity index (χ0n) is 13.0. The topological polar surface area (TPSA) is 51.8 Å². The first-order chi connectivity index (χ1) is 11.2. The van der Waals surface area contributed by atoms with E-state index in [0.717, 1.165) is 27.2 Å². The Bertz CT molecular complexity index is 820. The molecule has 0 saturated carbocycles. The Labute approximate surface area is 147 Å². The van der Waals surface area contributed by atoms with Gasteiger partial charge in [-0.05, 0) is 43.7 Å². The minimum atomic E-state index is 0.616. The molecule has 3 aromatic rings. The van der Waals surface area contributed by atoms with Crippen LogP contribution in [0.5, 0.6) is 0 Å². The maximum Gasteiger partial charge on any atom is 0.277 e. The van der Waals surface area contributed by atoms with E-state index in [9.17, 15) is 0 Å². The molecule has 0 amide bonds. The predicted molar refractivity (Wildman–Crippen MR) is 95.2 cm³/mol. The molecule has 120 valence electrons. The van der Waals surface area contributed by atoms with Crippen LogP contribution in [-0.2, 0) is 18.6 Å². The maximum absolute atomic E-state index is 5.83. The second-order valence-corrected chi connectivity index (χ2v) is 9.05. The van der Waals surface area contributed by atoms with Crippen molar-refractivity contribution < 1.29 is 4.42 Å². The van der Waals surface area contributed by atoms with E-state index < -0.39 is 0 Å². The minimum absolute atomic E-state index is 0.616. The third-order valence-electron chi connectivity index (χ3n) is 3.96. The highest BCUT2D eigenvalue weighted by Gasteiger charge is 2.21. The zero-order chi connectivity index (χ0) is 15.8. The van der Waals surface area contributed by atoms with Crippen LogP contribution in [-0.4, -0.2) is 15.2 Å². The third-order valence-corrected chi connectivity index (χ3v) is 6.86. The van der Waals surface area contributed by atoms with E-state index in [1.165, 1.54) is 29.7 Å². The summed E-state index contributed by atoms with van der Waals surface area (Å²) in [6.45, 7) is 4.34. The van der Waals surface area contributed by atoms with Gasteiger partial charge in [0, 0.05) is 16.0 Å². The summed E-state index contributed by atoms with van der Waals surface area (Å²) in [5, 5.41) is 12.2. The molecule has 1 aliphatic rings. The van der Waals surface area contributed by atoms with Crippen molar-refractivity contribution in [3.63, 3.8) is 0 Å². The van der Waals surface area contributed by atoms with Crippen LogP contribution < -0.4 is 0 Å². The predicted octanol–water partition coefficient (Wildman–Crippen LogP) is 4.98. The van der Waals surface area contributed by atoms with E-state index in [1.54, 1.807) is 34.4 Å². The van der Waals surface area contributed by atoms with Gasteiger partial charge in [0.1, 0.15) is 0 Å². The average Bonchev–Trinajstić information content (AvgIpc) is 3.23. The quantitative estimate of drug-likeness (QED) is 0.612. The number of thiophene rings is 1. The fourth-order valence-electron chi connectivity index (χ4n) is 2.79. The van der Waals surface area contributed by atoms with Crippen LogP contribution in [0.15, 0.2) is 21.1 Å². The van der Waals surface area contributed by atoms with Gasteiger partial charge in [-0.2, -0.15) is 0 Å². The van der Waals surface area contributed by atoms with Gasteiger partial charge in [0.15, 0.2) is 0 Å². The van der Waals surface area contributed by atoms with Crippen molar-refractivity contribution in [2.45, 2.75) is 44.1 Å². The van der Waals surface area contributed by atoms with Crippen LogP contribution in [0.3, 0.4) is 0 Å². The molecule has 23 heavy (non-hydrogen) atoms. The van der Waals surface area contributed by atoms with Crippen molar-refractivity contribution in [3.05, 3.63) is 32.6 Å². The van der Waals surface area contributed by atoms with Crippen molar-refractivity contribution in [3.8, 4) is 10.8 Å². The Balaban J connectivity index is 1.47. The lowest BCUT2D eigenvalue weighted by molar-refractivity contribution is 0.466. The van der Waals surface area contributed by atoms with Crippen LogP contribution in [0.25, 0.3) is 10.8 Å². The molecule has 3 aromatic heterocycles.